The van der Waals surface area contributed by atoms with Crippen LogP contribution in [0, 0.1) is 5.82 Å². The van der Waals surface area contributed by atoms with Gasteiger partial charge in [-0.25, -0.2) is 4.39 Å². The standard InChI is InChI=1S/C13H19BrFNO2/c1-9(16-11(5-6-17)8-18-2)12-7-10(14)3-4-13(12)15/h3-4,7,9,11,16-17H,5-6,8H2,1-2H3. The van der Waals surface area contributed by atoms with Gasteiger partial charge < -0.3 is 15.2 Å². The van der Waals surface area contributed by atoms with Crippen molar-refractivity contribution in [2.75, 3.05) is 20.3 Å². The topological polar surface area (TPSA) is 41.5 Å². The summed E-state index contributed by atoms with van der Waals surface area (Å²) in [5.41, 5.74) is 0.600. The molecule has 0 aromatic heterocycles. The average Bonchev–Trinajstić information content (AvgIpc) is 2.33. The molecule has 0 spiro atoms. The van der Waals surface area contributed by atoms with E-state index < -0.39 is 0 Å². The van der Waals surface area contributed by atoms with Crippen LogP contribution in [0.4, 0.5) is 4.39 Å². The third-order valence-corrected chi connectivity index (χ3v) is 3.25. The average molecular weight is 320 g/mol. The number of halogens is 2. The van der Waals surface area contributed by atoms with E-state index in [2.05, 4.69) is 21.2 Å². The smallest absolute Gasteiger partial charge is 0.128 e. The van der Waals surface area contributed by atoms with Crippen molar-refractivity contribution in [2.24, 2.45) is 0 Å². The zero-order chi connectivity index (χ0) is 13.5. The molecule has 0 saturated carbocycles. The predicted octanol–water partition coefficient (Wildman–Crippen LogP) is 2.64. The van der Waals surface area contributed by atoms with Crippen molar-refractivity contribution in [2.45, 2.75) is 25.4 Å². The maximum atomic E-state index is 13.7. The number of benzene rings is 1. The molecule has 2 unspecified atom stereocenters. The van der Waals surface area contributed by atoms with Gasteiger partial charge >= 0.3 is 0 Å². The number of hydrogen-bond donors (Lipinski definition) is 2. The molecule has 1 aromatic carbocycles. The Balaban J connectivity index is 2.73. The van der Waals surface area contributed by atoms with Crippen molar-refractivity contribution >= 4 is 15.9 Å². The van der Waals surface area contributed by atoms with Crippen LogP contribution in [0.5, 0.6) is 0 Å². The lowest BCUT2D eigenvalue weighted by Gasteiger charge is -2.23. The van der Waals surface area contributed by atoms with Crippen molar-refractivity contribution < 1.29 is 14.2 Å². The van der Waals surface area contributed by atoms with Crippen molar-refractivity contribution in [3.05, 3.63) is 34.1 Å². The van der Waals surface area contributed by atoms with Gasteiger partial charge in [0.05, 0.1) is 6.61 Å². The largest absolute Gasteiger partial charge is 0.396 e. The van der Waals surface area contributed by atoms with E-state index in [9.17, 15) is 4.39 Å². The molecule has 0 amide bonds. The summed E-state index contributed by atoms with van der Waals surface area (Å²) in [4.78, 5) is 0. The Hall–Kier alpha value is -0.490. The molecule has 5 heteroatoms. The van der Waals surface area contributed by atoms with Crippen LogP contribution >= 0.6 is 15.9 Å². The zero-order valence-electron chi connectivity index (χ0n) is 10.6. The molecule has 2 N–H and O–H groups in total. The number of aliphatic hydroxyl groups is 1. The predicted molar refractivity (Wildman–Crippen MR) is 73.0 cm³/mol. The molecule has 0 saturated heterocycles. The molecular formula is C13H19BrFNO2. The van der Waals surface area contributed by atoms with Crippen LogP contribution < -0.4 is 5.32 Å². The number of methoxy groups -OCH3 is 1. The Bertz CT molecular complexity index is 370. The van der Waals surface area contributed by atoms with E-state index in [1.165, 1.54) is 6.07 Å². The highest BCUT2D eigenvalue weighted by atomic mass is 79.9. The number of ether oxygens (including phenoxy) is 1. The highest BCUT2D eigenvalue weighted by Gasteiger charge is 2.16. The monoisotopic (exact) mass is 319 g/mol. The van der Waals surface area contributed by atoms with Gasteiger partial charge in [-0.15, -0.1) is 0 Å². The lowest BCUT2D eigenvalue weighted by atomic mass is 10.1. The minimum atomic E-state index is -0.238. The first-order chi connectivity index (χ1) is 8.58. The molecule has 0 radical (unpaired) electrons. The highest BCUT2D eigenvalue weighted by molar-refractivity contribution is 9.10. The van der Waals surface area contributed by atoms with Crippen molar-refractivity contribution in [1.29, 1.82) is 0 Å². The lowest BCUT2D eigenvalue weighted by molar-refractivity contribution is 0.143. The minimum Gasteiger partial charge on any atom is -0.396 e. The van der Waals surface area contributed by atoms with E-state index in [0.29, 0.717) is 18.6 Å². The minimum absolute atomic E-state index is 0.00776. The molecule has 1 rings (SSSR count). The Morgan fingerprint density at radius 1 is 1.50 bits per heavy atom. The SMILES string of the molecule is COCC(CCO)NC(C)c1cc(Br)ccc1F. The lowest BCUT2D eigenvalue weighted by Crippen LogP contribution is -2.36. The van der Waals surface area contributed by atoms with Crippen molar-refractivity contribution in [3.8, 4) is 0 Å². The third-order valence-electron chi connectivity index (χ3n) is 2.76. The van der Waals surface area contributed by atoms with Crippen LogP contribution in [-0.4, -0.2) is 31.5 Å². The quantitative estimate of drug-likeness (QED) is 0.811. The first kappa shape index (κ1) is 15.6. The van der Waals surface area contributed by atoms with Crippen LogP contribution in [0.3, 0.4) is 0 Å². The second kappa shape index (κ2) is 7.84. The van der Waals surface area contributed by atoms with Crippen LogP contribution in [0.2, 0.25) is 0 Å². The fourth-order valence-electron chi connectivity index (χ4n) is 1.86. The number of rotatable bonds is 7. The summed E-state index contributed by atoms with van der Waals surface area (Å²) >= 11 is 3.33. The maximum Gasteiger partial charge on any atom is 0.128 e. The summed E-state index contributed by atoms with van der Waals surface area (Å²) < 4.78 is 19.6. The summed E-state index contributed by atoms with van der Waals surface area (Å²) in [7, 11) is 1.61. The molecule has 102 valence electrons. The van der Waals surface area contributed by atoms with Crippen molar-refractivity contribution in [1.82, 2.24) is 5.32 Å². The molecule has 1 aromatic rings. The number of nitrogens with one attached hydrogen (secondary N) is 1. The Morgan fingerprint density at radius 2 is 2.22 bits per heavy atom. The maximum absolute atomic E-state index is 13.7. The van der Waals surface area contributed by atoms with E-state index in [-0.39, 0.29) is 24.5 Å². The summed E-state index contributed by atoms with van der Waals surface area (Å²) in [6.07, 6.45) is 0.577. The van der Waals surface area contributed by atoms with Gasteiger partial charge in [-0.1, -0.05) is 15.9 Å². The molecule has 0 fully saturated rings. The Kier molecular flexibility index (Phi) is 6.78. The third kappa shape index (κ3) is 4.65. The van der Waals surface area contributed by atoms with E-state index in [0.717, 1.165) is 4.47 Å². The van der Waals surface area contributed by atoms with Gasteiger partial charge in [-0.2, -0.15) is 0 Å². The van der Waals surface area contributed by atoms with Crippen molar-refractivity contribution in [3.63, 3.8) is 0 Å². The van der Waals surface area contributed by atoms with Crippen LogP contribution in [-0.2, 0) is 4.74 Å². The molecule has 0 aliphatic heterocycles. The first-order valence-corrected chi connectivity index (χ1v) is 6.68. The number of hydrogen-bond acceptors (Lipinski definition) is 3. The van der Waals surface area contributed by atoms with Crippen LogP contribution in [0.15, 0.2) is 22.7 Å². The molecule has 3 nitrogen and oxygen atoms in total. The molecule has 0 aliphatic carbocycles. The number of aliphatic hydroxyl groups excluding tert-OH is 1. The normalized spacial score (nSPS) is 14.5. The van der Waals surface area contributed by atoms with Crippen LogP contribution in [0.25, 0.3) is 0 Å². The summed E-state index contributed by atoms with van der Waals surface area (Å²) in [6.45, 7) is 2.46. The molecule has 18 heavy (non-hydrogen) atoms. The molecule has 0 aliphatic rings. The molecule has 0 bridgehead atoms. The van der Waals surface area contributed by atoms with E-state index in [4.69, 9.17) is 9.84 Å². The van der Waals surface area contributed by atoms with Gasteiger partial charge in [0.15, 0.2) is 0 Å². The molecular weight excluding hydrogens is 301 g/mol. The first-order valence-electron chi connectivity index (χ1n) is 5.89. The highest BCUT2D eigenvalue weighted by Crippen LogP contribution is 2.22. The van der Waals surface area contributed by atoms with Gasteiger partial charge in [-0.05, 0) is 31.5 Å². The van der Waals surface area contributed by atoms with Crippen LogP contribution in [0.1, 0.15) is 24.9 Å². The zero-order valence-corrected chi connectivity index (χ0v) is 12.2. The van der Waals surface area contributed by atoms with Gasteiger partial charge in [0.25, 0.3) is 0 Å². The van der Waals surface area contributed by atoms with E-state index >= 15 is 0 Å². The Labute approximate surface area is 115 Å². The van der Waals surface area contributed by atoms with Gasteiger partial charge in [-0.3, -0.25) is 0 Å². The van der Waals surface area contributed by atoms with E-state index in [1.807, 2.05) is 6.92 Å². The van der Waals surface area contributed by atoms with Gasteiger partial charge in [0.2, 0.25) is 0 Å². The molecule has 2 atom stereocenters. The van der Waals surface area contributed by atoms with Gasteiger partial charge in [0.1, 0.15) is 5.82 Å². The summed E-state index contributed by atoms with van der Waals surface area (Å²) in [5, 5.41) is 12.2. The summed E-state index contributed by atoms with van der Waals surface area (Å²) in [5.74, 6) is -0.238. The van der Waals surface area contributed by atoms with E-state index in [1.54, 1.807) is 19.2 Å². The molecule has 0 heterocycles. The second-order valence-corrected chi connectivity index (χ2v) is 5.13. The fraction of sp³-hybridized carbons (Fsp3) is 0.538. The fourth-order valence-corrected chi connectivity index (χ4v) is 2.24. The second-order valence-electron chi connectivity index (χ2n) is 4.22. The Morgan fingerprint density at radius 3 is 2.83 bits per heavy atom. The summed E-state index contributed by atoms with van der Waals surface area (Å²) in [6, 6.07) is 4.74. The van der Waals surface area contributed by atoms with Gasteiger partial charge in [0, 0.05) is 35.8 Å².